The minimum Gasteiger partial charge on any atom is -0.405 e. The Kier molecular flexibility index (Phi) is 7.59. The lowest BCUT2D eigenvalue weighted by atomic mass is 9.97. The maximum Gasteiger partial charge on any atom is 0.573 e. The second kappa shape index (κ2) is 11.3. The summed E-state index contributed by atoms with van der Waals surface area (Å²) in [6.45, 7) is 3.90. The maximum atomic E-state index is 13.7. The topological polar surface area (TPSA) is 79.7 Å². The Hall–Kier alpha value is -4.02. The van der Waals surface area contributed by atoms with E-state index in [9.17, 15) is 22.8 Å². The highest BCUT2D eigenvalue weighted by Gasteiger charge is 2.39. The number of nitrogens with one attached hydrogen (secondary N) is 1. The molecule has 42 heavy (non-hydrogen) atoms. The van der Waals surface area contributed by atoms with E-state index in [1.165, 1.54) is 12.1 Å². The van der Waals surface area contributed by atoms with Crippen LogP contribution in [0.3, 0.4) is 0 Å². The molecule has 3 amide bonds. The summed E-state index contributed by atoms with van der Waals surface area (Å²) >= 11 is 0. The summed E-state index contributed by atoms with van der Waals surface area (Å²) in [7, 11) is 0. The van der Waals surface area contributed by atoms with Gasteiger partial charge in [0.05, 0.1) is 23.5 Å². The second-order valence-electron chi connectivity index (χ2n) is 11.4. The highest BCUT2D eigenvalue weighted by Crippen LogP contribution is 2.44. The van der Waals surface area contributed by atoms with Crippen LogP contribution >= 0.6 is 0 Å². The number of halogens is 3. The van der Waals surface area contributed by atoms with Crippen LogP contribution in [0.4, 0.5) is 23.7 Å². The first kappa shape index (κ1) is 28.1. The number of alkyl halides is 3. The third-order valence-corrected chi connectivity index (χ3v) is 8.57. The van der Waals surface area contributed by atoms with Crippen LogP contribution < -0.4 is 10.1 Å². The van der Waals surface area contributed by atoms with Crippen molar-refractivity contribution in [2.45, 2.75) is 63.3 Å². The fourth-order valence-corrected chi connectivity index (χ4v) is 6.22. The molecule has 1 atom stereocenters. The summed E-state index contributed by atoms with van der Waals surface area (Å²) in [5.41, 5.74) is 3.80. The van der Waals surface area contributed by atoms with Crippen molar-refractivity contribution >= 4 is 17.6 Å². The molecule has 3 fully saturated rings. The minimum atomic E-state index is -4.78. The average Bonchev–Trinajstić information content (AvgIpc) is 3.51. The second-order valence-corrected chi connectivity index (χ2v) is 11.4. The van der Waals surface area contributed by atoms with Gasteiger partial charge in [-0.3, -0.25) is 9.48 Å². The van der Waals surface area contributed by atoms with Crippen LogP contribution in [0, 0.1) is 6.92 Å². The Balaban J connectivity index is 1.12. The number of aromatic nitrogens is 2. The van der Waals surface area contributed by atoms with Gasteiger partial charge in [-0.25, -0.2) is 4.79 Å². The number of carbonyl (C=O) groups excluding carboxylic acids is 2. The summed E-state index contributed by atoms with van der Waals surface area (Å²) in [6, 6.07) is 13.8. The molecule has 0 radical (unpaired) electrons. The number of para-hydroxylation sites is 2. The molecule has 1 aromatic heterocycles. The first-order chi connectivity index (χ1) is 20.2. The molecule has 2 aromatic carbocycles. The van der Waals surface area contributed by atoms with Crippen molar-refractivity contribution in [2.75, 3.05) is 31.5 Å². The van der Waals surface area contributed by atoms with E-state index in [0.29, 0.717) is 43.7 Å². The molecule has 0 spiro atoms. The van der Waals surface area contributed by atoms with Crippen molar-refractivity contribution in [3.63, 3.8) is 0 Å². The lowest BCUT2D eigenvalue weighted by Crippen LogP contribution is -2.42. The molecule has 11 heteroatoms. The molecule has 0 bridgehead atoms. The molecule has 1 aliphatic carbocycles. The molecular weight excluding hydrogens is 547 g/mol. The number of aryl methyl sites for hydroxylation is 1. The van der Waals surface area contributed by atoms with Crippen molar-refractivity contribution in [1.29, 1.82) is 0 Å². The highest BCUT2D eigenvalue weighted by atomic mass is 19.4. The zero-order chi connectivity index (χ0) is 29.4. The zero-order valence-electron chi connectivity index (χ0n) is 23.4. The molecule has 1 N–H and O–H groups in total. The Labute approximate surface area is 242 Å². The average molecular weight is 582 g/mol. The number of amides is 3. The summed E-state index contributed by atoms with van der Waals surface area (Å²) in [6.07, 6.45) is 0.888. The van der Waals surface area contributed by atoms with E-state index < -0.39 is 6.36 Å². The number of hydrogen-bond donors (Lipinski definition) is 1. The molecule has 6 rings (SSSR count). The van der Waals surface area contributed by atoms with Gasteiger partial charge >= 0.3 is 12.4 Å². The van der Waals surface area contributed by atoms with Crippen LogP contribution in [0.15, 0.2) is 54.7 Å². The van der Waals surface area contributed by atoms with Crippen LogP contribution in [-0.4, -0.2) is 64.1 Å². The number of ether oxygens (including phenoxy) is 1. The van der Waals surface area contributed by atoms with E-state index in [0.717, 1.165) is 42.6 Å². The number of rotatable bonds is 6. The van der Waals surface area contributed by atoms with Crippen LogP contribution in [0.2, 0.25) is 0 Å². The number of hydrogen-bond acceptors (Lipinski definition) is 4. The van der Waals surface area contributed by atoms with E-state index >= 15 is 0 Å². The predicted octanol–water partition coefficient (Wildman–Crippen LogP) is 6.47. The van der Waals surface area contributed by atoms with Gasteiger partial charge in [-0.1, -0.05) is 36.4 Å². The van der Waals surface area contributed by atoms with Gasteiger partial charge in [0.1, 0.15) is 5.75 Å². The van der Waals surface area contributed by atoms with E-state index in [1.807, 2.05) is 40.8 Å². The molecule has 3 aromatic rings. The molecule has 3 heterocycles. The molecule has 8 nitrogen and oxygen atoms in total. The number of anilines is 1. The van der Waals surface area contributed by atoms with Gasteiger partial charge in [0.2, 0.25) is 0 Å². The maximum absolute atomic E-state index is 13.7. The summed E-state index contributed by atoms with van der Waals surface area (Å²) in [5, 5.41) is 7.68. The van der Waals surface area contributed by atoms with Crippen LogP contribution in [0.5, 0.6) is 5.75 Å². The monoisotopic (exact) mass is 581 g/mol. The smallest absolute Gasteiger partial charge is 0.405 e. The number of likely N-dealkylation sites (tertiary alicyclic amines) is 2. The van der Waals surface area contributed by atoms with Gasteiger partial charge in [0.25, 0.3) is 5.91 Å². The van der Waals surface area contributed by atoms with Crippen LogP contribution in [0.25, 0.3) is 0 Å². The fraction of sp³-hybridized carbons (Fsp3) is 0.452. The van der Waals surface area contributed by atoms with Crippen LogP contribution in [0.1, 0.15) is 77.2 Å². The Morgan fingerprint density at radius 3 is 2.31 bits per heavy atom. The zero-order valence-corrected chi connectivity index (χ0v) is 23.4. The van der Waals surface area contributed by atoms with E-state index in [2.05, 4.69) is 15.2 Å². The fourth-order valence-electron chi connectivity index (χ4n) is 6.22. The molecule has 3 aliphatic rings. The van der Waals surface area contributed by atoms with Crippen molar-refractivity contribution in [3.05, 3.63) is 77.1 Å². The normalized spacial score (nSPS) is 19.7. The Bertz CT molecular complexity index is 1460. The third kappa shape index (κ3) is 5.96. The molecule has 1 saturated carbocycles. The standard InChI is InChI=1S/C31H34F3N5O3/c1-20-6-2-4-8-26(20)36-30(41)37-16-13-23(14-17-37)39-28(21-10-11-21)25(18-35-39)29(40)38-15-12-22(19-38)24-7-3-5-9-27(24)42-31(32,33)34/h2-9,18,21-23H,10-17,19H2,1H3,(H,36,41). The van der Waals surface area contributed by atoms with Gasteiger partial charge in [0, 0.05) is 43.7 Å². The number of piperidine rings is 1. The SMILES string of the molecule is Cc1ccccc1NC(=O)N1CCC(n2ncc(C(=O)N3CCC(c4ccccc4OC(F)(F)F)C3)c2C2CC2)CC1. The minimum absolute atomic E-state index is 0.0855. The quantitative estimate of drug-likeness (QED) is 0.362. The van der Waals surface area contributed by atoms with Gasteiger partial charge < -0.3 is 19.9 Å². The van der Waals surface area contributed by atoms with Crippen molar-refractivity contribution < 1.29 is 27.5 Å². The first-order valence-electron chi connectivity index (χ1n) is 14.5. The van der Waals surface area contributed by atoms with Crippen molar-refractivity contribution in [1.82, 2.24) is 19.6 Å². The summed E-state index contributed by atoms with van der Waals surface area (Å²) in [5.74, 6) is -0.320. The molecule has 1 unspecified atom stereocenters. The Morgan fingerprint density at radius 1 is 0.905 bits per heavy atom. The highest BCUT2D eigenvalue weighted by molar-refractivity contribution is 5.95. The molecule has 2 aliphatic heterocycles. The lowest BCUT2D eigenvalue weighted by Gasteiger charge is -2.33. The van der Waals surface area contributed by atoms with Gasteiger partial charge in [-0.2, -0.15) is 5.10 Å². The van der Waals surface area contributed by atoms with Crippen molar-refractivity contribution in [3.8, 4) is 5.75 Å². The largest absolute Gasteiger partial charge is 0.573 e. The molecule has 222 valence electrons. The number of urea groups is 1. The number of benzene rings is 2. The van der Waals surface area contributed by atoms with E-state index in [-0.39, 0.29) is 35.6 Å². The molecule has 2 saturated heterocycles. The van der Waals surface area contributed by atoms with Gasteiger partial charge in [-0.05, 0) is 62.3 Å². The number of nitrogens with zero attached hydrogens (tertiary/aromatic N) is 4. The van der Waals surface area contributed by atoms with Crippen LogP contribution in [-0.2, 0) is 0 Å². The van der Waals surface area contributed by atoms with Crippen molar-refractivity contribution in [2.24, 2.45) is 0 Å². The molecular formula is C31H34F3N5O3. The van der Waals surface area contributed by atoms with E-state index in [4.69, 9.17) is 0 Å². The lowest BCUT2D eigenvalue weighted by molar-refractivity contribution is -0.275. The number of carbonyl (C=O) groups is 2. The predicted molar refractivity (Wildman–Crippen MR) is 151 cm³/mol. The third-order valence-electron chi connectivity index (χ3n) is 8.57. The van der Waals surface area contributed by atoms with Gasteiger partial charge in [0.15, 0.2) is 0 Å². The summed E-state index contributed by atoms with van der Waals surface area (Å²) in [4.78, 5) is 30.2. The van der Waals surface area contributed by atoms with E-state index in [1.54, 1.807) is 23.2 Å². The Morgan fingerprint density at radius 2 is 1.60 bits per heavy atom. The van der Waals surface area contributed by atoms with Gasteiger partial charge in [-0.15, -0.1) is 13.2 Å². The summed E-state index contributed by atoms with van der Waals surface area (Å²) < 4.78 is 45.2. The first-order valence-corrected chi connectivity index (χ1v) is 14.5.